The number of halogens is 3. The van der Waals surface area contributed by atoms with Crippen molar-refractivity contribution in [1.29, 1.82) is 0 Å². The molecule has 2 rings (SSSR count). The van der Waals surface area contributed by atoms with Gasteiger partial charge in [0.2, 0.25) is 15.9 Å². The zero-order valence-electron chi connectivity index (χ0n) is 16.2. The van der Waals surface area contributed by atoms with Crippen LogP contribution in [0.3, 0.4) is 0 Å². The zero-order valence-corrected chi connectivity index (χ0v) is 17.0. The van der Waals surface area contributed by atoms with Crippen molar-refractivity contribution in [1.82, 2.24) is 0 Å². The Labute approximate surface area is 171 Å². The maximum absolute atomic E-state index is 13.0. The Kier molecular flexibility index (Phi) is 6.76. The summed E-state index contributed by atoms with van der Waals surface area (Å²) in [6.45, 7) is 1.22. The van der Waals surface area contributed by atoms with Crippen LogP contribution in [-0.4, -0.2) is 39.7 Å². The van der Waals surface area contributed by atoms with Gasteiger partial charge in [0.05, 0.1) is 35.9 Å². The molecule has 2 aromatic rings. The Morgan fingerprint density at radius 1 is 1.10 bits per heavy atom. The number of ether oxygens (including phenoxy) is 1. The summed E-state index contributed by atoms with van der Waals surface area (Å²) in [4.78, 5) is 24.6. The van der Waals surface area contributed by atoms with Gasteiger partial charge in [0.1, 0.15) is 6.04 Å². The lowest BCUT2D eigenvalue weighted by Crippen LogP contribution is -2.45. The summed E-state index contributed by atoms with van der Waals surface area (Å²) in [5.41, 5.74) is -1.28. The molecule has 0 saturated carbocycles. The highest BCUT2D eigenvalue weighted by Crippen LogP contribution is 2.33. The van der Waals surface area contributed by atoms with Crippen molar-refractivity contribution >= 4 is 33.3 Å². The predicted octanol–water partition coefficient (Wildman–Crippen LogP) is 3.29. The molecule has 0 aliphatic heterocycles. The number of hydrogen-bond donors (Lipinski definition) is 1. The first kappa shape index (κ1) is 23.2. The van der Waals surface area contributed by atoms with E-state index in [1.54, 1.807) is 0 Å². The number of amides is 1. The Balaban J connectivity index is 2.41. The van der Waals surface area contributed by atoms with E-state index >= 15 is 0 Å². The number of esters is 1. The first-order chi connectivity index (χ1) is 13.9. The molecular formula is C19H19F3N2O5S. The van der Waals surface area contributed by atoms with Gasteiger partial charge < -0.3 is 10.1 Å². The number of carbonyl (C=O) groups excluding carboxylic acids is 2. The third-order valence-electron chi connectivity index (χ3n) is 4.11. The molecule has 0 bridgehead atoms. The van der Waals surface area contributed by atoms with Crippen molar-refractivity contribution in [2.45, 2.75) is 19.1 Å². The monoisotopic (exact) mass is 444 g/mol. The maximum Gasteiger partial charge on any atom is 0.416 e. The van der Waals surface area contributed by atoms with Crippen molar-refractivity contribution in [2.75, 3.05) is 23.0 Å². The fraction of sp³-hybridized carbons (Fsp3) is 0.263. The molecule has 11 heteroatoms. The third-order valence-corrected chi connectivity index (χ3v) is 5.35. The minimum atomic E-state index is -4.69. The van der Waals surface area contributed by atoms with Crippen molar-refractivity contribution in [3.05, 3.63) is 59.7 Å². The van der Waals surface area contributed by atoms with Gasteiger partial charge in [0.15, 0.2) is 0 Å². The zero-order chi connectivity index (χ0) is 22.7. The number of para-hydroxylation sites is 1. The average molecular weight is 444 g/mol. The van der Waals surface area contributed by atoms with Crippen LogP contribution in [0.2, 0.25) is 0 Å². The first-order valence-corrected chi connectivity index (χ1v) is 10.4. The van der Waals surface area contributed by atoms with Gasteiger partial charge >= 0.3 is 12.1 Å². The van der Waals surface area contributed by atoms with Crippen LogP contribution in [0.4, 0.5) is 24.5 Å². The highest BCUT2D eigenvalue weighted by Gasteiger charge is 2.34. The fourth-order valence-corrected chi connectivity index (χ4v) is 3.91. The first-order valence-electron chi connectivity index (χ1n) is 8.51. The molecule has 1 atom stereocenters. The molecule has 7 nitrogen and oxygen atoms in total. The van der Waals surface area contributed by atoms with Gasteiger partial charge in [-0.3, -0.25) is 9.10 Å². The highest BCUT2D eigenvalue weighted by molar-refractivity contribution is 7.92. The van der Waals surface area contributed by atoms with Gasteiger partial charge in [-0.15, -0.1) is 0 Å². The number of methoxy groups -OCH3 is 1. The van der Waals surface area contributed by atoms with Crippen molar-refractivity contribution in [3.63, 3.8) is 0 Å². The normalized spacial score (nSPS) is 12.7. The Hall–Kier alpha value is -3.08. The Bertz CT molecular complexity index is 1050. The minimum absolute atomic E-state index is 0.0329. The summed E-state index contributed by atoms with van der Waals surface area (Å²) in [5, 5.41) is 2.42. The number of benzene rings is 2. The second-order valence-corrected chi connectivity index (χ2v) is 8.17. The standard InChI is InChI=1S/C19H19F3N2O5S/c1-12(17(25)23-16-10-5-4-9-15(16)18(26)29-2)24(30(3,27)28)14-8-6-7-13(11-14)19(20,21)22/h4-12H,1-3H3,(H,23,25)/t12-/m0/s1. The van der Waals surface area contributed by atoms with Gasteiger partial charge in [0.25, 0.3) is 0 Å². The molecule has 0 heterocycles. The van der Waals surface area contributed by atoms with E-state index in [0.29, 0.717) is 10.4 Å². The van der Waals surface area contributed by atoms with E-state index in [-0.39, 0.29) is 16.9 Å². The second kappa shape index (κ2) is 8.74. The van der Waals surface area contributed by atoms with E-state index in [9.17, 15) is 31.2 Å². The Morgan fingerprint density at radius 3 is 2.30 bits per heavy atom. The van der Waals surface area contributed by atoms with E-state index in [1.165, 1.54) is 31.2 Å². The lowest BCUT2D eigenvalue weighted by Gasteiger charge is -2.29. The maximum atomic E-state index is 13.0. The van der Waals surface area contributed by atoms with Gasteiger partial charge in [-0.1, -0.05) is 18.2 Å². The van der Waals surface area contributed by atoms with Crippen LogP contribution in [0, 0.1) is 0 Å². The van der Waals surface area contributed by atoms with Crippen LogP contribution in [0.25, 0.3) is 0 Å². The lowest BCUT2D eigenvalue weighted by atomic mass is 10.1. The van der Waals surface area contributed by atoms with Crippen LogP contribution < -0.4 is 9.62 Å². The van der Waals surface area contributed by atoms with E-state index in [4.69, 9.17) is 0 Å². The van der Waals surface area contributed by atoms with Crippen LogP contribution >= 0.6 is 0 Å². The summed E-state index contributed by atoms with van der Waals surface area (Å²) in [6.07, 6.45) is -3.91. The van der Waals surface area contributed by atoms with E-state index in [2.05, 4.69) is 10.1 Å². The summed E-state index contributed by atoms with van der Waals surface area (Å²) in [5.74, 6) is -1.58. The number of nitrogens with one attached hydrogen (secondary N) is 1. The average Bonchev–Trinajstić information content (AvgIpc) is 2.66. The van der Waals surface area contributed by atoms with Gasteiger partial charge in [0, 0.05) is 0 Å². The number of anilines is 2. The fourth-order valence-electron chi connectivity index (χ4n) is 2.75. The second-order valence-electron chi connectivity index (χ2n) is 6.31. The van der Waals surface area contributed by atoms with Crippen LogP contribution in [0.5, 0.6) is 0 Å². The molecule has 1 amide bonds. The van der Waals surface area contributed by atoms with Gasteiger partial charge in [-0.25, -0.2) is 13.2 Å². The molecule has 0 aromatic heterocycles. The molecule has 2 aromatic carbocycles. The summed E-state index contributed by atoms with van der Waals surface area (Å²) >= 11 is 0. The minimum Gasteiger partial charge on any atom is -0.465 e. The number of nitrogens with zero attached hydrogens (tertiary/aromatic N) is 1. The largest absolute Gasteiger partial charge is 0.465 e. The number of sulfonamides is 1. The van der Waals surface area contributed by atoms with E-state index < -0.39 is 39.7 Å². The number of rotatable bonds is 6. The summed E-state index contributed by atoms with van der Waals surface area (Å²) in [7, 11) is -2.98. The van der Waals surface area contributed by atoms with Crippen LogP contribution in [-0.2, 0) is 25.7 Å². The molecule has 0 radical (unpaired) electrons. The summed E-state index contributed by atoms with van der Waals surface area (Å²) < 4.78 is 68.9. The molecule has 0 fully saturated rings. The quantitative estimate of drug-likeness (QED) is 0.691. The topological polar surface area (TPSA) is 92.8 Å². The smallest absolute Gasteiger partial charge is 0.416 e. The molecule has 162 valence electrons. The van der Waals surface area contributed by atoms with E-state index in [1.807, 2.05) is 0 Å². The molecular weight excluding hydrogens is 425 g/mol. The SMILES string of the molecule is COC(=O)c1ccccc1NC(=O)[C@H](C)N(c1cccc(C(F)(F)F)c1)S(C)(=O)=O. The van der Waals surface area contributed by atoms with E-state index in [0.717, 1.165) is 31.6 Å². The third kappa shape index (κ3) is 5.29. The van der Waals surface area contributed by atoms with Crippen molar-refractivity contribution in [2.24, 2.45) is 0 Å². The van der Waals surface area contributed by atoms with Gasteiger partial charge in [-0.2, -0.15) is 13.2 Å². The molecule has 0 aliphatic rings. The predicted molar refractivity (Wildman–Crippen MR) is 105 cm³/mol. The van der Waals surface area contributed by atoms with Gasteiger partial charge in [-0.05, 0) is 37.3 Å². The number of alkyl halides is 3. The number of carbonyl (C=O) groups is 2. The van der Waals surface area contributed by atoms with Crippen molar-refractivity contribution < 1.29 is 35.9 Å². The van der Waals surface area contributed by atoms with Crippen molar-refractivity contribution in [3.8, 4) is 0 Å². The highest BCUT2D eigenvalue weighted by atomic mass is 32.2. The molecule has 30 heavy (non-hydrogen) atoms. The summed E-state index contributed by atoms with van der Waals surface area (Å²) in [6, 6.07) is 8.10. The molecule has 0 spiro atoms. The van der Waals surface area contributed by atoms with Crippen LogP contribution in [0.1, 0.15) is 22.8 Å². The Morgan fingerprint density at radius 2 is 1.73 bits per heavy atom. The molecule has 0 unspecified atom stereocenters. The van der Waals surface area contributed by atoms with Crippen LogP contribution in [0.15, 0.2) is 48.5 Å². The lowest BCUT2D eigenvalue weighted by molar-refractivity contribution is -0.137. The number of hydrogen-bond acceptors (Lipinski definition) is 5. The molecule has 0 aliphatic carbocycles. The molecule has 0 saturated heterocycles. The molecule has 1 N–H and O–H groups in total.